The number of nitrogens with two attached hydrogens (primary N) is 1. The van der Waals surface area contributed by atoms with Gasteiger partial charge in [-0.1, -0.05) is 23.2 Å². The highest BCUT2D eigenvalue weighted by Crippen LogP contribution is 2.30. The molecule has 0 aliphatic rings. The van der Waals surface area contributed by atoms with Crippen LogP contribution in [0.15, 0.2) is 30.3 Å². The van der Waals surface area contributed by atoms with Crippen molar-refractivity contribution in [1.29, 1.82) is 0 Å². The zero-order valence-electron chi connectivity index (χ0n) is 9.08. The molecule has 0 unspecified atom stereocenters. The first-order valence-corrected chi connectivity index (χ1v) is 5.67. The van der Waals surface area contributed by atoms with Gasteiger partial charge in [-0.3, -0.25) is 0 Å². The summed E-state index contributed by atoms with van der Waals surface area (Å²) in [5.41, 5.74) is 7.05. The first-order valence-electron chi connectivity index (χ1n) is 4.91. The molecule has 5 heteroatoms. The van der Waals surface area contributed by atoms with E-state index in [4.69, 9.17) is 33.7 Å². The molecule has 88 valence electrons. The number of aryl methyl sites for hydroxylation is 1. The third-order valence-electron chi connectivity index (χ3n) is 2.08. The minimum Gasteiger partial charge on any atom is -0.437 e. The SMILES string of the molecule is Cc1ccc(N)c(Oc2cc(Cl)cc(Cl)c2)n1. The Morgan fingerprint density at radius 2 is 1.76 bits per heavy atom. The summed E-state index contributed by atoms with van der Waals surface area (Å²) in [6.07, 6.45) is 0. The molecular weight excluding hydrogens is 259 g/mol. The lowest BCUT2D eigenvalue weighted by atomic mass is 10.3. The van der Waals surface area contributed by atoms with Crippen LogP contribution in [0.3, 0.4) is 0 Å². The summed E-state index contributed by atoms with van der Waals surface area (Å²) in [4.78, 5) is 4.19. The number of ether oxygens (including phenoxy) is 1. The Morgan fingerprint density at radius 3 is 2.41 bits per heavy atom. The number of nitrogen functional groups attached to an aromatic ring is 1. The molecule has 0 bridgehead atoms. The molecule has 0 saturated carbocycles. The van der Waals surface area contributed by atoms with Crippen LogP contribution in [-0.2, 0) is 0 Å². The lowest BCUT2D eigenvalue weighted by Gasteiger charge is -2.08. The Hall–Kier alpha value is -1.45. The van der Waals surface area contributed by atoms with Gasteiger partial charge in [-0.25, -0.2) is 4.98 Å². The predicted octanol–water partition coefficient (Wildman–Crippen LogP) is 4.07. The van der Waals surface area contributed by atoms with Crippen molar-refractivity contribution in [1.82, 2.24) is 4.98 Å². The molecule has 17 heavy (non-hydrogen) atoms. The van der Waals surface area contributed by atoms with Crippen molar-refractivity contribution in [2.24, 2.45) is 0 Å². The summed E-state index contributed by atoms with van der Waals surface area (Å²) < 4.78 is 5.55. The summed E-state index contributed by atoms with van der Waals surface area (Å²) >= 11 is 11.7. The van der Waals surface area contributed by atoms with E-state index >= 15 is 0 Å². The van der Waals surface area contributed by atoms with Gasteiger partial charge in [0.25, 0.3) is 0 Å². The van der Waals surface area contributed by atoms with Gasteiger partial charge in [0.05, 0.1) is 5.69 Å². The number of hydrogen-bond acceptors (Lipinski definition) is 3. The van der Waals surface area contributed by atoms with Gasteiger partial charge in [0, 0.05) is 15.7 Å². The third kappa shape index (κ3) is 3.02. The predicted molar refractivity (Wildman–Crippen MR) is 69.9 cm³/mol. The van der Waals surface area contributed by atoms with E-state index in [-0.39, 0.29) is 0 Å². The van der Waals surface area contributed by atoms with E-state index in [0.29, 0.717) is 27.4 Å². The molecule has 0 aliphatic carbocycles. The lowest BCUT2D eigenvalue weighted by Crippen LogP contribution is -1.96. The van der Waals surface area contributed by atoms with Crippen LogP contribution in [0.25, 0.3) is 0 Å². The summed E-state index contributed by atoms with van der Waals surface area (Å²) in [5, 5.41) is 0.998. The Kier molecular flexibility index (Phi) is 3.41. The van der Waals surface area contributed by atoms with Crippen molar-refractivity contribution < 1.29 is 4.74 Å². The summed E-state index contributed by atoms with van der Waals surface area (Å²) in [6.45, 7) is 1.86. The molecule has 0 saturated heterocycles. The van der Waals surface area contributed by atoms with Crippen LogP contribution in [0.1, 0.15) is 5.69 Å². The Bertz CT molecular complexity index is 538. The molecule has 0 amide bonds. The van der Waals surface area contributed by atoms with Crippen molar-refractivity contribution in [3.63, 3.8) is 0 Å². The normalized spacial score (nSPS) is 10.3. The highest BCUT2D eigenvalue weighted by atomic mass is 35.5. The van der Waals surface area contributed by atoms with Gasteiger partial charge in [-0.05, 0) is 37.3 Å². The zero-order valence-corrected chi connectivity index (χ0v) is 10.6. The standard InChI is InChI=1S/C12H10Cl2N2O/c1-7-2-3-11(15)12(16-7)17-10-5-8(13)4-9(14)6-10/h2-6H,15H2,1H3. The molecular formula is C12H10Cl2N2O. The van der Waals surface area contributed by atoms with Crippen LogP contribution < -0.4 is 10.5 Å². The summed E-state index contributed by atoms with van der Waals surface area (Å²) in [5.74, 6) is 0.857. The van der Waals surface area contributed by atoms with Crippen LogP contribution >= 0.6 is 23.2 Å². The van der Waals surface area contributed by atoms with Crippen LogP contribution in [-0.4, -0.2) is 4.98 Å². The number of aromatic nitrogens is 1. The maximum Gasteiger partial charge on any atom is 0.242 e. The molecule has 0 spiro atoms. The zero-order chi connectivity index (χ0) is 12.4. The second kappa shape index (κ2) is 4.82. The maximum atomic E-state index is 5.87. The van der Waals surface area contributed by atoms with Crippen molar-refractivity contribution >= 4 is 28.9 Å². The van der Waals surface area contributed by atoms with Gasteiger partial charge < -0.3 is 10.5 Å². The van der Waals surface area contributed by atoms with Gasteiger partial charge in [-0.15, -0.1) is 0 Å². The molecule has 2 rings (SSSR count). The third-order valence-corrected chi connectivity index (χ3v) is 2.52. The largest absolute Gasteiger partial charge is 0.437 e. The van der Waals surface area contributed by atoms with E-state index in [1.807, 2.05) is 13.0 Å². The minimum atomic E-state index is 0.350. The average Bonchev–Trinajstić information content (AvgIpc) is 2.22. The number of hydrogen-bond donors (Lipinski definition) is 1. The smallest absolute Gasteiger partial charge is 0.242 e. The van der Waals surface area contributed by atoms with E-state index in [1.54, 1.807) is 24.3 Å². The average molecular weight is 269 g/mol. The van der Waals surface area contributed by atoms with Crippen LogP contribution in [0.5, 0.6) is 11.6 Å². The number of rotatable bonds is 2. The van der Waals surface area contributed by atoms with E-state index in [1.165, 1.54) is 0 Å². The lowest BCUT2D eigenvalue weighted by molar-refractivity contribution is 0.464. The van der Waals surface area contributed by atoms with Gasteiger partial charge >= 0.3 is 0 Å². The van der Waals surface area contributed by atoms with Crippen LogP contribution in [0, 0.1) is 6.92 Å². The monoisotopic (exact) mass is 268 g/mol. The topological polar surface area (TPSA) is 48.1 Å². The van der Waals surface area contributed by atoms with Crippen molar-refractivity contribution in [3.05, 3.63) is 46.1 Å². The number of nitrogens with zero attached hydrogens (tertiary/aromatic N) is 1. The molecule has 2 aromatic rings. The van der Waals surface area contributed by atoms with Crippen molar-refractivity contribution in [2.45, 2.75) is 6.92 Å². The fourth-order valence-electron chi connectivity index (χ4n) is 1.32. The molecule has 3 nitrogen and oxygen atoms in total. The fourth-order valence-corrected chi connectivity index (χ4v) is 1.83. The second-order valence-corrected chi connectivity index (χ2v) is 4.43. The Labute approximate surface area is 109 Å². The van der Waals surface area contributed by atoms with Crippen molar-refractivity contribution in [3.8, 4) is 11.6 Å². The van der Waals surface area contributed by atoms with E-state index < -0.39 is 0 Å². The highest BCUT2D eigenvalue weighted by Gasteiger charge is 2.06. The number of benzene rings is 1. The van der Waals surface area contributed by atoms with Gasteiger partial charge in [0.15, 0.2) is 0 Å². The van der Waals surface area contributed by atoms with Crippen LogP contribution in [0.4, 0.5) is 5.69 Å². The van der Waals surface area contributed by atoms with E-state index in [0.717, 1.165) is 5.69 Å². The molecule has 0 atom stereocenters. The highest BCUT2D eigenvalue weighted by molar-refractivity contribution is 6.34. The Morgan fingerprint density at radius 1 is 1.12 bits per heavy atom. The van der Waals surface area contributed by atoms with Gasteiger partial charge in [0.1, 0.15) is 5.75 Å². The minimum absolute atomic E-state index is 0.350. The molecule has 0 fully saturated rings. The van der Waals surface area contributed by atoms with Gasteiger partial charge in [-0.2, -0.15) is 0 Å². The second-order valence-electron chi connectivity index (χ2n) is 3.55. The molecule has 1 aromatic heterocycles. The number of halogens is 2. The molecule has 0 aliphatic heterocycles. The van der Waals surface area contributed by atoms with E-state index in [9.17, 15) is 0 Å². The molecule has 0 radical (unpaired) electrons. The summed E-state index contributed by atoms with van der Waals surface area (Å²) in [7, 11) is 0. The fraction of sp³-hybridized carbons (Fsp3) is 0.0833. The Balaban J connectivity index is 2.34. The van der Waals surface area contributed by atoms with E-state index in [2.05, 4.69) is 4.98 Å². The van der Waals surface area contributed by atoms with Crippen LogP contribution in [0.2, 0.25) is 10.0 Å². The summed E-state index contributed by atoms with van der Waals surface area (Å²) in [6, 6.07) is 8.48. The quantitative estimate of drug-likeness (QED) is 0.893. The van der Waals surface area contributed by atoms with Gasteiger partial charge in [0.2, 0.25) is 5.88 Å². The number of anilines is 1. The first-order chi connectivity index (χ1) is 8.04. The maximum absolute atomic E-state index is 5.87. The first kappa shape index (κ1) is 12.0. The van der Waals surface area contributed by atoms with Crippen molar-refractivity contribution in [2.75, 3.05) is 5.73 Å². The molecule has 1 heterocycles. The number of pyridine rings is 1. The molecule has 2 N–H and O–H groups in total. The molecule has 1 aromatic carbocycles.